The number of methoxy groups -OCH3 is 1. The molecule has 0 fully saturated rings. The fourth-order valence-electron chi connectivity index (χ4n) is 1.42. The van der Waals surface area contributed by atoms with Gasteiger partial charge in [-0.3, -0.25) is 0 Å². The van der Waals surface area contributed by atoms with Gasteiger partial charge in [0.2, 0.25) is 0 Å². The normalized spacial score (nSPS) is 13.6. The van der Waals surface area contributed by atoms with Crippen LogP contribution in [0.4, 0.5) is 0 Å². The molecule has 6 nitrogen and oxygen atoms in total. The molecule has 1 aromatic rings. The number of ether oxygens (including phenoxy) is 1. The third kappa shape index (κ3) is 3.96. The van der Waals surface area contributed by atoms with Crippen molar-refractivity contribution < 1.29 is 14.9 Å². The molecule has 0 radical (unpaired) electrons. The van der Waals surface area contributed by atoms with Crippen LogP contribution in [0, 0.1) is 0 Å². The maximum Gasteiger partial charge on any atom is 0.118 e. The molecule has 2 atom stereocenters. The van der Waals surface area contributed by atoms with E-state index in [1.807, 2.05) is 0 Å². The average molecular weight is 237 g/mol. The van der Waals surface area contributed by atoms with Crippen molar-refractivity contribution in [3.63, 3.8) is 0 Å². The third-order valence-electron chi connectivity index (χ3n) is 2.41. The summed E-state index contributed by atoms with van der Waals surface area (Å²) in [5.41, 5.74) is 8.69. The van der Waals surface area contributed by atoms with E-state index in [-0.39, 0.29) is 13.0 Å². The van der Waals surface area contributed by atoms with Crippen molar-refractivity contribution in [1.82, 2.24) is 0 Å². The quantitative estimate of drug-likeness (QED) is 0.448. The van der Waals surface area contributed by atoms with Gasteiger partial charge in [-0.05, 0) is 29.6 Å². The Kier molecular flexibility index (Phi) is 5.29. The van der Waals surface area contributed by atoms with Gasteiger partial charge in [0.15, 0.2) is 0 Å². The SMILES string of the molecule is COc1ccc(C(O)C(O)CCN=[N+]=[N-])cc1. The van der Waals surface area contributed by atoms with E-state index in [0.29, 0.717) is 11.3 Å². The lowest BCUT2D eigenvalue weighted by molar-refractivity contribution is 0.0150. The van der Waals surface area contributed by atoms with E-state index >= 15 is 0 Å². The lowest BCUT2D eigenvalue weighted by atomic mass is 10.0. The highest BCUT2D eigenvalue weighted by Crippen LogP contribution is 2.21. The van der Waals surface area contributed by atoms with Gasteiger partial charge in [-0.2, -0.15) is 0 Å². The van der Waals surface area contributed by atoms with Crippen molar-refractivity contribution in [3.05, 3.63) is 40.3 Å². The third-order valence-corrected chi connectivity index (χ3v) is 2.41. The Balaban J connectivity index is 2.60. The zero-order valence-electron chi connectivity index (χ0n) is 9.52. The molecule has 2 N–H and O–H groups in total. The number of azide groups is 1. The van der Waals surface area contributed by atoms with Gasteiger partial charge < -0.3 is 14.9 Å². The molecule has 0 bridgehead atoms. The minimum atomic E-state index is -0.991. The minimum absolute atomic E-state index is 0.158. The summed E-state index contributed by atoms with van der Waals surface area (Å²) in [6.07, 6.45) is -1.72. The van der Waals surface area contributed by atoms with Gasteiger partial charge in [0.1, 0.15) is 11.9 Å². The van der Waals surface area contributed by atoms with Crippen LogP contribution in [0.1, 0.15) is 18.1 Å². The maximum absolute atomic E-state index is 9.83. The number of aliphatic hydroxyl groups excluding tert-OH is 2. The van der Waals surface area contributed by atoms with Crippen LogP contribution >= 0.6 is 0 Å². The van der Waals surface area contributed by atoms with E-state index in [4.69, 9.17) is 10.3 Å². The molecule has 0 aliphatic rings. The standard InChI is InChI=1S/C11H15N3O3/c1-17-9-4-2-8(3-5-9)11(16)10(15)6-7-13-14-12/h2-5,10-11,15-16H,6-7H2,1H3. The van der Waals surface area contributed by atoms with Crippen LogP contribution < -0.4 is 4.74 Å². The molecule has 0 aromatic heterocycles. The van der Waals surface area contributed by atoms with Crippen LogP contribution in [0.2, 0.25) is 0 Å². The van der Waals surface area contributed by atoms with E-state index in [9.17, 15) is 10.2 Å². The molecule has 1 rings (SSSR count). The van der Waals surface area contributed by atoms with E-state index in [2.05, 4.69) is 10.0 Å². The molecule has 0 amide bonds. The molecule has 0 saturated carbocycles. The van der Waals surface area contributed by atoms with E-state index in [1.54, 1.807) is 31.4 Å². The summed E-state index contributed by atoms with van der Waals surface area (Å²) in [5.74, 6) is 0.685. The molecular weight excluding hydrogens is 222 g/mol. The molecule has 0 spiro atoms. The molecular formula is C11H15N3O3. The van der Waals surface area contributed by atoms with Crippen molar-refractivity contribution in [2.24, 2.45) is 5.11 Å². The van der Waals surface area contributed by atoms with Crippen LogP contribution in [-0.2, 0) is 0 Å². The highest BCUT2D eigenvalue weighted by atomic mass is 16.5. The van der Waals surface area contributed by atoms with Crippen molar-refractivity contribution in [2.75, 3.05) is 13.7 Å². The monoisotopic (exact) mass is 237 g/mol. The summed E-state index contributed by atoms with van der Waals surface area (Å²) >= 11 is 0. The summed E-state index contributed by atoms with van der Waals surface area (Å²) in [7, 11) is 1.56. The Morgan fingerprint density at radius 2 is 2.00 bits per heavy atom. The lowest BCUT2D eigenvalue weighted by Gasteiger charge is -2.17. The highest BCUT2D eigenvalue weighted by Gasteiger charge is 2.17. The highest BCUT2D eigenvalue weighted by molar-refractivity contribution is 5.28. The number of hydrogen-bond acceptors (Lipinski definition) is 4. The first-order chi connectivity index (χ1) is 8.19. The fourth-order valence-corrected chi connectivity index (χ4v) is 1.42. The molecule has 17 heavy (non-hydrogen) atoms. The summed E-state index contributed by atoms with van der Waals surface area (Å²) in [4.78, 5) is 2.58. The molecule has 2 unspecified atom stereocenters. The van der Waals surface area contributed by atoms with Gasteiger partial charge in [-0.25, -0.2) is 0 Å². The predicted molar refractivity (Wildman–Crippen MR) is 62.6 cm³/mol. The summed E-state index contributed by atoms with van der Waals surface area (Å²) in [6, 6.07) is 6.78. The first-order valence-corrected chi connectivity index (χ1v) is 5.20. The molecule has 0 heterocycles. The van der Waals surface area contributed by atoms with Crippen molar-refractivity contribution >= 4 is 0 Å². The predicted octanol–water partition coefficient (Wildman–Crippen LogP) is 1.79. The van der Waals surface area contributed by atoms with Crippen LogP contribution in [-0.4, -0.2) is 30.0 Å². The largest absolute Gasteiger partial charge is 0.497 e. The van der Waals surface area contributed by atoms with Crippen LogP contribution in [0.3, 0.4) is 0 Å². The minimum Gasteiger partial charge on any atom is -0.497 e. The van der Waals surface area contributed by atoms with Gasteiger partial charge in [0.05, 0.1) is 13.2 Å². The Morgan fingerprint density at radius 1 is 1.35 bits per heavy atom. The second kappa shape index (κ2) is 6.75. The van der Waals surface area contributed by atoms with Crippen LogP contribution in [0.5, 0.6) is 5.75 Å². The van der Waals surface area contributed by atoms with Crippen LogP contribution in [0.15, 0.2) is 29.4 Å². The van der Waals surface area contributed by atoms with Crippen LogP contribution in [0.25, 0.3) is 10.4 Å². The summed E-state index contributed by atoms with van der Waals surface area (Å²) in [5, 5.41) is 22.8. The van der Waals surface area contributed by atoms with Gasteiger partial charge >= 0.3 is 0 Å². The molecule has 0 aliphatic heterocycles. The smallest absolute Gasteiger partial charge is 0.118 e. The lowest BCUT2D eigenvalue weighted by Crippen LogP contribution is -2.19. The number of hydrogen-bond donors (Lipinski definition) is 2. The average Bonchev–Trinajstić information content (AvgIpc) is 2.38. The second-order valence-electron chi connectivity index (χ2n) is 3.53. The van der Waals surface area contributed by atoms with E-state index in [1.165, 1.54) is 0 Å². The number of aliphatic hydroxyl groups is 2. The van der Waals surface area contributed by atoms with Gasteiger partial charge in [0.25, 0.3) is 0 Å². The Labute approximate surface area is 99.1 Å². The van der Waals surface area contributed by atoms with E-state index in [0.717, 1.165) is 0 Å². The number of rotatable bonds is 6. The Bertz CT molecular complexity index is 387. The number of nitrogens with zero attached hydrogens (tertiary/aromatic N) is 3. The van der Waals surface area contributed by atoms with Gasteiger partial charge in [-0.1, -0.05) is 17.2 Å². The topological polar surface area (TPSA) is 98.5 Å². The molecule has 0 aliphatic carbocycles. The summed E-state index contributed by atoms with van der Waals surface area (Å²) in [6.45, 7) is 0.158. The van der Waals surface area contributed by atoms with Crippen molar-refractivity contribution in [1.29, 1.82) is 0 Å². The molecule has 6 heteroatoms. The first kappa shape index (κ1) is 13.3. The first-order valence-electron chi connectivity index (χ1n) is 5.20. The Morgan fingerprint density at radius 3 is 2.53 bits per heavy atom. The molecule has 0 saturated heterocycles. The van der Waals surface area contributed by atoms with Gasteiger partial charge in [0, 0.05) is 11.5 Å². The van der Waals surface area contributed by atoms with Crippen molar-refractivity contribution in [2.45, 2.75) is 18.6 Å². The number of benzene rings is 1. The molecule has 1 aromatic carbocycles. The molecule has 92 valence electrons. The Hall–Kier alpha value is -1.75. The van der Waals surface area contributed by atoms with Gasteiger partial charge in [-0.15, -0.1) is 0 Å². The van der Waals surface area contributed by atoms with Crippen molar-refractivity contribution in [3.8, 4) is 5.75 Å². The van der Waals surface area contributed by atoms with E-state index < -0.39 is 12.2 Å². The second-order valence-corrected chi connectivity index (χ2v) is 3.53. The fraction of sp³-hybridized carbons (Fsp3) is 0.455. The zero-order chi connectivity index (χ0) is 12.7. The zero-order valence-corrected chi connectivity index (χ0v) is 9.52. The maximum atomic E-state index is 9.83. The summed E-state index contributed by atoms with van der Waals surface area (Å²) < 4.78 is 4.99.